The normalized spacial score (nSPS) is 14.5. The van der Waals surface area contributed by atoms with Crippen molar-refractivity contribution >= 4 is 23.2 Å². The van der Waals surface area contributed by atoms with Crippen LogP contribution in [0, 0.1) is 5.92 Å². The van der Waals surface area contributed by atoms with Crippen molar-refractivity contribution in [1.29, 1.82) is 0 Å². The van der Waals surface area contributed by atoms with E-state index in [9.17, 15) is 9.59 Å². The lowest BCUT2D eigenvalue weighted by Crippen LogP contribution is -2.44. The number of nitrogens with zero attached hydrogens (tertiary/aromatic N) is 1. The first-order chi connectivity index (χ1) is 16.0. The first-order valence-electron chi connectivity index (χ1n) is 11.1. The average molecular weight is 476 g/mol. The molecule has 1 aliphatic heterocycles. The number of carbonyl (C=O) groups is 2. The lowest BCUT2D eigenvalue weighted by atomic mass is 9.96. The molecule has 180 valence electrons. The topological polar surface area (TPSA) is 89.1 Å². The molecule has 2 heterocycles. The number of ether oxygens (including phenoxy) is 3. The number of benzene rings is 1. The zero-order valence-electron chi connectivity index (χ0n) is 19.5. The van der Waals surface area contributed by atoms with Gasteiger partial charge in [-0.2, -0.15) is 0 Å². The molecule has 0 saturated carbocycles. The molecular formula is C24H33N3O5S. The maximum atomic E-state index is 12.5. The molecule has 0 atom stereocenters. The SMILES string of the molecule is COc1cc(OC)c(OC)cc1CNC(=O)CN1CCC(C(=O)NCCc2cccs2)CC1. The van der Waals surface area contributed by atoms with Crippen LogP contribution in [0.5, 0.6) is 17.2 Å². The summed E-state index contributed by atoms with van der Waals surface area (Å²) in [6, 6.07) is 7.66. The van der Waals surface area contributed by atoms with Crippen LogP contribution in [0.15, 0.2) is 29.6 Å². The van der Waals surface area contributed by atoms with E-state index < -0.39 is 0 Å². The molecule has 1 saturated heterocycles. The number of carbonyl (C=O) groups excluding carboxylic acids is 2. The second-order valence-electron chi connectivity index (χ2n) is 7.97. The van der Waals surface area contributed by atoms with Crippen LogP contribution in [0.3, 0.4) is 0 Å². The van der Waals surface area contributed by atoms with Gasteiger partial charge in [-0.25, -0.2) is 0 Å². The van der Waals surface area contributed by atoms with E-state index >= 15 is 0 Å². The number of methoxy groups -OCH3 is 3. The van der Waals surface area contributed by atoms with E-state index in [0.29, 0.717) is 36.9 Å². The summed E-state index contributed by atoms with van der Waals surface area (Å²) in [5.41, 5.74) is 0.807. The van der Waals surface area contributed by atoms with E-state index in [1.165, 1.54) is 4.88 Å². The molecule has 1 aromatic carbocycles. The number of hydrogen-bond donors (Lipinski definition) is 2. The minimum Gasteiger partial charge on any atom is -0.496 e. The summed E-state index contributed by atoms with van der Waals surface area (Å²) in [5.74, 6) is 1.85. The molecule has 2 aromatic rings. The fourth-order valence-electron chi connectivity index (χ4n) is 3.94. The van der Waals surface area contributed by atoms with Gasteiger partial charge in [0, 0.05) is 35.5 Å². The van der Waals surface area contributed by atoms with Crippen LogP contribution >= 0.6 is 11.3 Å². The van der Waals surface area contributed by atoms with Crippen LogP contribution in [-0.2, 0) is 22.6 Å². The molecule has 1 aromatic heterocycles. The Hall–Kier alpha value is -2.78. The van der Waals surface area contributed by atoms with Gasteiger partial charge in [0.15, 0.2) is 11.5 Å². The number of piperidine rings is 1. The van der Waals surface area contributed by atoms with E-state index in [1.807, 2.05) is 11.4 Å². The van der Waals surface area contributed by atoms with Crippen molar-refractivity contribution in [2.45, 2.75) is 25.8 Å². The predicted molar refractivity (Wildman–Crippen MR) is 128 cm³/mol. The van der Waals surface area contributed by atoms with Crippen LogP contribution in [0.1, 0.15) is 23.3 Å². The van der Waals surface area contributed by atoms with Gasteiger partial charge in [0.05, 0.1) is 27.9 Å². The fraction of sp³-hybridized carbons (Fsp3) is 0.500. The monoisotopic (exact) mass is 475 g/mol. The molecule has 9 heteroatoms. The highest BCUT2D eigenvalue weighted by Crippen LogP contribution is 2.34. The van der Waals surface area contributed by atoms with Crippen molar-refractivity contribution in [3.8, 4) is 17.2 Å². The van der Waals surface area contributed by atoms with Crippen LogP contribution in [0.4, 0.5) is 0 Å². The van der Waals surface area contributed by atoms with E-state index in [2.05, 4.69) is 21.6 Å². The van der Waals surface area contributed by atoms with Gasteiger partial charge >= 0.3 is 0 Å². The zero-order chi connectivity index (χ0) is 23.6. The maximum absolute atomic E-state index is 12.5. The van der Waals surface area contributed by atoms with Crippen molar-refractivity contribution in [1.82, 2.24) is 15.5 Å². The van der Waals surface area contributed by atoms with Crippen LogP contribution in [0.2, 0.25) is 0 Å². The van der Waals surface area contributed by atoms with Crippen molar-refractivity contribution in [2.24, 2.45) is 5.92 Å². The summed E-state index contributed by atoms with van der Waals surface area (Å²) in [7, 11) is 4.71. The van der Waals surface area contributed by atoms with Crippen molar-refractivity contribution in [2.75, 3.05) is 47.5 Å². The number of rotatable bonds is 11. The summed E-state index contributed by atoms with van der Waals surface area (Å²) in [6.45, 7) is 2.77. The van der Waals surface area contributed by atoms with Crippen molar-refractivity contribution in [3.05, 3.63) is 40.1 Å². The molecule has 0 radical (unpaired) electrons. The predicted octanol–water partition coefficient (Wildman–Crippen LogP) is 2.46. The van der Waals surface area contributed by atoms with Crippen LogP contribution in [0.25, 0.3) is 0 Å². The minimum absolute atomic E-state index is 0.0173. The zero-order valence-corrected chi connectivity index (χ0v) is 20.3. The first-order valence-corrected chi connectivity index (χ1v) is 12.0. The molecular weight excluding hydrogens is 442 g/mol. The van der Waals surface area contributed by atoms with Crippen molar-refractivity contribution in [3.63, 3.8) is 0 Å². The first kappa shape index (κ1) is 24.9. The molecule has 33 heavy (non-hydrogen) atoms. The summed E-state index contributed by atoms with van der Waals surface area (Å²) in [6.07, 6.45) is 2.40. The van der Waals surface area contributed by atoms with E-state index in [1.54, 1.807) is 44.8 Å². The summed E-state index contributed by atoms with van der Waals surface area (Å²) in [5, 5.41) is 8.05. The van der Waals surface area contributed by atoms with Gasteiger partial charge in [-0.1, -0.05) is 6.07 Å². The Morgan fingerprint density at radius 3 is 2.36 bits per heavy atom. The second kappa shape index (κ2) is 12.5. The number of nitrogens with one attached hydrogen (secondary N) is 2. The van der Waals surface area contributed by atoms with E-state index in [4.69, 9.17) is 14.2 Å². The summed E-state index contributed by atoms with van der Waals surface area (Å²) >= 11 is 1.71. The minimum atomic E-state index is -0.0642. The quantitative estimate of drug-likeness (QED) is 0.519. The average Bonchev–Trinajstić information content (AvgIpc) is 3.36. The van der Waals surface area contributed by atoms with Gasteiger partial charge in [-0.05, 0) is 49.9 Å². The highest BCUT2D eigenvalue weighted by molar-refractivity contribution is 7.09. The number of amides is 2. The van der Waals surface area contributed by atoms with Gasteiger partial charge < -0.3 is 24.8 Å². The van der Waals surface area contributed by atoms with Crippen molar-refractivity contribution < 1.29 is 23.8 Å². The lowest BCUT2D eigenvalue weighted by Gasteiger charge is -2.30. The molecule has 3 rings (SSSR count). The molecule has 2 N–H and O–H groups in total. The number of likely N-dealkylation sites (tertiary alicyclic amines) is 1. The molecule has 0 aliphatic carbocycles. The fourth-order valence-corrected chi connectivity index (χ4v) is 4.65. The maximum Gasteiger partial charge on any atom is 0.234 e. The Bertz CT molecular complexity index is 911. The van der Waals surface area contributed by atoms with Gasteiger partial charge in [0.25, 0.3) is 0 Å². The molecule has 8 nitrogen and oxygen atoms in total. The van der Waals surface area contributed by atoms with E-state index in [-0.39, 0.29) is 17.7 Å². The lowest BCUT2D eigenvalue weighted by molar-refractivity contribution is -0.126. The molecule has 1 aliphatic rings. The van der Waals surface area contributed by atoms with Gasteiger partial charge in [0.1, 0.15) is 5.75 Å². The third-order valence-corrected chi connectivity index (χ3v) is 6.78. The smallest absolute Gasteiger partial charge is 0.234 e. The standard InChI is InChI=1S/C24H33N3O5S/c1-30-20-14-22(32-3)21(31-2)13-18(20)15-26-23(28)16-27-10-7-17(8-11-27)24(29)25-9-6-19-5-4-12-33-19/h4-5,12-14,17H,6-11,15-16H2,1-3H3,(H,25,29)(H,26,28). The molecule has 2 amide bonds. The molecule has 0 bridgehead atoms. The second-order valence-corrected chi connectivity index (χ2v) is 9.00. The third-order valence-electron chi connectivity index (χ3n) is 5.84. The Kier molecular flexibility index (Phi) is 9.38. The Morgan fingerprint density at radius 1 is 1.03 bits per heavy atom. The number of thiophene rings is 1. The summed E-state index contributed by atoms with van der Waals surface area (Å²) in [4.78, 5) is 28.3. The molecule has 1 fully saturated rings. The third kappa shape index (κ3) is 7.10. The highest BCUT2D eigenvalue weighted by atomic mass is 32.1. The molecule has 0 unspecified atom stereocenters. The molecule has 0 spiro atoms. The van der Waals surface area contributed by atoms with Crippen LogP contribution in [-0.4, -0.2) is 64.2 Å². The Balaban J connectivity index is 1.40. The van der Waals surface area contributed by atoms with Gasteiger partial charge in [-0.15, -0.1) is 11.3 Å². The van der Waals surface area contributed by atoms with Gasteiger partial charge in [0.2, 0.25) is 11.8 Å². The summed E-state index contributed by atoms with van der Waals surface area (Å²) < 4.78 is 16.1. The highest BCUT2D eigenvalue weighted by Gasteiger charge is 2.25. The largest absolute Gasteiger partial charge is 0.496 e. The Morgan fingerprint density at radius 2 is 1.73 bits per heavy atom. The van der Waals surface area contributed by atoms with Crippen LogP contribution < -0.4 is 24.8 Å². The number of hydrogen-bond acceptors (Lipinski definition) is 7. The van der Waals surface area contributed by atoms with Gasteiger partial charge in [-0.3, -0.25) is 14.5 Å². The Labute approximate surface area is 199 Å². The van der Waals surface area contributed by atoms with E-state index in [0.717, 1.165) is 37.9 Å².